The number of esters is 1. The topological polar surface area (TPSA) is 82.7 Å². The number of ether oxygens (including phenoxy) is 4. The quantitative estimate of drug-likeness (QED) is 0.376. The molecule has 0 N–H and O–H groups in total. The Bertz CT molecular complexity index is 1140. The monoisotopic (exact) mass is 420 g/mol. The van der Waals surface area contributed by atoms with E-state index in [4.69, 9.17) is 18.9 Å². The maximum absolute atomic E-state index is 12.3. The van der Waals surface area contributed by atoms with Crippen molar-refractivity contribution in [3.8, 4) is 23.3 Å². The number of aromatic nitrogens is 1. The summed E-state index contributed by atoms with van der Waals surface area (Å²) < 4.78 is 23.6. The number of hydrogen-bond donors (Lipinski definition) is 0. The molecule has 1 aliphatic rings. The number of nitrogens with zero attached hydrogens (tertiary/aromatic N) is 2. The van der Waals surface area contributed by atoms with E-state index < -0.39 is 5.97 Å². The minimum Gasteiger partial charge on any atom is -0.493 e. The fraction of sp³-hybridized carbons (Fsp3) is 0.333. The van der Waals surface area contributed by atoms with Crippen molar-refractivity contribution in [2.24, 2.45) is 5.92 Å². The molecule has 0 spiro atoms. The van der Waals surface area contributed by atoms with Crippen LogP contribution in [-0.4, -0.2) is 37.7 Å². The standard InChI is InChI=1S/C24H24N2O5/c1-3-29-24(27)21-8-6-18(10-23(21)31-15-28-2)26-13-17(12-25)20-9-7-19(11-22(20)26)30-14-16-4-5-16/h6-11,13,16H,3-5,14-15H2,1-2H3. The van der Waals surface area contributed by atoms with Crippen LogP contribution in [0.25, 0.3) is 16.6 Å². The number of methoxy groups -OCH3 is 1. The van der Waals surface area contributed by atoms with Gasteiger partial charge in [-0.15, -0.1) is 0 Å². The summed E-state index contributed by atoms with van der Waals surface area (Å²) >= 11 is 0. The number of carbonyl (C=O) groups is 1. The molecular weight excluding hydrogens is 396 g/mol. The molecule has 0 amide bonds. The molecular formula is C24H24N2O5. The van der Waals surface area contributed by atoms with Crippen LogP contribution in [0.4, 0.5) is 0 Å². The lowest BCUT2D eigenvalue weighted by Crippen LogP contribution is -2.10. The smallest absolute Gasteiger partial charge is 0.341 e. The van der Waals surface area contributed by atoms with E-state index in [0.29, 0.717) is 29.4 Å². The normalized spacial score (nSPS) is 13.1. The molecule has 1 aliphatic carbocycles. The van der Waals surface area contributed by atoms with Crippen LogP contribution in [0.2, 0.25) is 0 Å². The maximum atomic E-state index is 12.3. The van der Waals surface area contributed by atoms with Crippen LogP contribution in [0.3, 0.4) is 0 Å². The number of carbonyl (C=O) groups excluding carboxylic acids is 1. The molecule has 160 valence electrons. The van der Waals surface area contributed by atoms with Gasteiger partial charge in [0.25, 0.3) is 0 Å². The first-order valence-corrected chi connectivity index (χ1v) is 10.3. The Balaban J connectivity index is 1.76. The van der Waals surface area contributed by atoms with Crippen molar-refractivity contribution in [1.82, 2.24) is 4.57 Å². The Labute approximate surface area is 180 Å². The summed E-state index contributed by atoms with van der Waals surface area (Å²) in [6.07, 6.45) is 4.21. The average Bonchev–Trinajstić information content (AvgIpc) is 3.55. The third-order valence-corrected chi connectivity index (χ3v) is 5.15. The molecule has 0 radical (unpaired) electrons. The summed E-state index contributed by atoms with van der Waals surface area (Å²) in [7, 11) is 1.51. The first-order chi connectivity index (χ1) is 15.1. The average molecular weight is 420 g/mol. The van der Waals surface area contributed by atoms with Gasteiger partial charge in [0, 0.05) is 36.5 Å². The lowest BCUT2D eigenvalue weighted by atomic mass is 10.1. The van der Waals surface area contributed by atoms with E-state index in [9.17, 15) is 10.1 Å². The number of hydrogen-bond acceptors (Lipinski definition) is 6. The summed E-state index contributed by atoms with van der Waals surface area (Å²) in [6, 6.07) is 13.2. The highest BCUT2D eigenvalue weighted by atomic mass is 16.7. The van der Waals surface area contributed by atoms with E-state index in [1.807, 2.05) is 22.8 Å². The van der Waals surface area contributed by atoms with Crippen molar-refractivity contribution in [2.75, 3.05) is 27.1 Å². The second kappa shape index (κ2) is 9.11. The molecule has 1 heterocycles. The Morgan fingerprint density at radius 1 is 1.19 bits per heavy atom. The van der Waals surface area contributed by atoms with Gasteiger partial charge in [-0.2, -0.15) is 5.26 Å². The van der Waals surface area contributed by atoms with Gasteiger partial charge in [-0.05, 0) is 49.9 Å². The molecule has 1 aromatic heterocycles. The van der Waals surface area contributed by atoms with Crippen LogP contribution >= 0.6 is 0 Å². The second-order valence-corrected chi connectivity index (χ2v) is 7.41. The molecule has 0 saturated heterocycles. The van der Waals surface area contributed by atoms with E-state index in [-0.39, 0.29) is 13.4 Å². The number of rotatable bonds is 9. The van der Waals surface area contributed by atoms with Gasteiger partial charge in [-0.1, -0.05) is 0 Å². The highest BCUT2D eigenvalue weighted by Crippen LogP contribution is 2.33. The molecule has 7 nitrogen and oxygen atoms in total. The van der Waals surface area contributed by atoms with E-state index in [0.717, 1.165) is 22.3 Å². The summed E-state index contributed by atoms with van der Waals surface area (Å²) in [5, 5.41) is 10.4. The third kappa shape index (κ3) is 4.49. The van der Waals surface area contributed by atoms with Crippen LogP contribution in [-0.2, 0) is 9.47 Å². The number of benzene rings is 2. The zero-order valence-electron chi connectivity index (χ0n) is 17.6. The SMILES string of the molecule is CCOC(=O)c1ccc(-n2cc(C#N)c3ccc(OCC4CC4)cc32)cc1OCOC. The largest absolute Gasteiger partial charge is 0.493 e. The number of nitriles is 1. The van der Waals surface area contributed by atoms with Crippen molar-refractivity contribution < 1.29 is 23.7 Å². The summed E-state index contributed by atoms with van der Waals surface area (Å²) in [5.74, 6) is 1.29. The molecule has 1 saturated carbocycles. The van der Waals surface area contributed by atoms with Gasteiger partial charge in [-0.25, -0.2) is 4.79 Å². The fourth-order valence-corrected chi connectivity index (χ4v) is 3.38. The molecule has 1 fully saturated rings. The van der Waals surface area contributed by atoms with E-state index in [1.54, 1.807) is 31.3 Å². The fourth-order valence-electron chi connectivity index (χ4n) is 3.38. The van der Waals surface area contributed by atoms with E-state index >= 15 is 0 Å². The van der Waals surface area contributed by atoms with Crippen molar-refractivity contribution in [3.63, 3.8) is 0 Å². The molecule has 7 heteroatoms. The van der Waals surface area contributed by atoms with Gasteiger partial charge in [0.15, 0.2) is 6.79 Å². The van der Waals surface area contributed by atoms with E-state index in [1.165, 1.54) is 20.0 Å². The summed E-state index contributed by atoms with van der Waals surface area (Å²) in [5.41, 5.74) is 2.45. The highest BCUT2D eigenvalue weighted by Gasteiger charge is 2.22. The second-order valence-electron chi connectivity index (χ2n) is 7.41. The van der Waals surface area contributed by atoms with Gasteiger partial charge in [0.05, 0.1) is 24.3 Å². The van der Waals surface area contributed by atoms with Gasteiger partial charge >= 0.3 is 5.97 Å². The van der Waals surface area contributed by atoms with Crippen LogP contribution in [0.15, 0.2) is 42.6 Å². The Morgan fingerprint density at radius 3 is 2.74 bits per heavy atom. The molecule has 0 bridgehead atoms. The van der Waals surface area contributed by atoms with Crippen molar-refractivity contribution >= 4 is 16.9 Å². The van der Waals surface area contributed by atoms with Crippen LogP contribution in [0.5, 0.6) is 11.5 Å². The zero-order valence-corrected chi connectivity index (χ0v) is 17.6. The first-order valence-electron chi connectivity index (χ1n) is 10.3. The minimum absolute atomic E-state index is 0.00904. The molecule has 0 aliphatic heterocycles. The minimum atomic E-state index is -0.467. The van der Waals surface area contributed by atoms with E-state index in [2.05, 4.69) is 6.07 Å². The van der Waals surface area contributed by atoms with Gasteiger partial charge < -0.3 is 23.5 Å². The van der Waals surface area contributed by atoms with Crippen molar-refractivity contribution in [3.05, 3.63) is 53.7 Å². The summed E-state index contributed by atoms with van der Waals surface area (Å²) in [6.45, 7) is 2.72. The Morgan fingerprint density at radius 2 is 2.03 bits per heavy atom. The maximum Gasteiger partial charge on any atom is 0.341 e. The van der Waals surface area contributed by atoms with Crippen molar-refractivity contribution in [1.29, 1.82) is 5.26 Å². The third-order valence-electron chi connectivity index (χ3n) is 5.15. The lowest BCUT2D eigenvalue weighted by Gasteiger charge is -2.13. The zero-order chi connectivity index (χ0) is 21.8. The van der Waals surface area contributed by atoms with Gasteiger partial charge in [0.2, 0.25) is 0 Å². The Hall–Kier alpha value is -3.50. The molecule has 31 heavy (non-hydrogen) atoms. The predicted molar refractivity (Wildman–Crippen MR) is 115 cm³/mol. The lowest BCUT2D eigenvalue weighted by molar-refractivity contribution is 0.0438. The summed E-state index contributed by atoms with van der Waals surface area (Å²) in [4.78, 5) is 12.3. The van der Waals surface area contributed by atoms with Crippen LogP contribution < -0.4 is 9.47 Å². The highest BCUT2D eigenvalue weighted by molar-refractivity contribution is 5.93. The van der Waals surface area contributed by atoms with Gasteiger partial charge in [-0.3, -0.25) is 0 Å². The van der Waals surface area contributed by atoms with Crippen molar-refractivity contribution in [2.45, 2.75) is 19.8 Å². The predicted octanol–water partition coefficient (Wildman–Crippen LogP) is 4.45. The first kappa shape index (κ1) is 20.8. The van der Waals surface area contributed by atoms with Crippen LogP contribution in [0.1, 0.15) is 35.7 Å². The van der Waals surface area contributed by atoms with Crippen LogP contribution in [0, 0.1) is 17.2 Å². The molecule has 0 unspecified atom stereocenters. The van der Waals surface area contributed by atoms with Gasteiger partial charge in [0.1, 0.15) is 23.1 Å². The molecule has 4 rings (SSSR count). The molecule has 3 aromatic rings. The molecule has 2 aromatic carbocycles. The number of fused-ring (bicyclic) bond motifs is 1. The molecule has 0 atom stereocenters. The Kier molecular flexibility index (Phi) is 6.10.